The van der Waals surface area contributed by atoms with Crippen molar-refractivity contribution >= 4 is 5.91 Å². The van der Waals surface area contributed by atoms with Gasteiger partial charge < -0.3 is 40.3 Å². The predicted octanol–water partition coefficient (Wildman–Crippen LogP) is 7.22. The molecule has 9 heteroatoms. The summed E-state index contributed by atoms with van der Waals surface area (Å²) in [5, 5.41) is 53.6. The lowest BCUT2D eigenvalue weighted by Gasteiger charge is -2.40. The van der Waals surface area contributed by atoms with E-state index < -0.39 is 49.5 Å². The maximum Gasteiger partial charge on any atom is 0.220 e. The molecule has 286 valence electrons. The molecule has 1 aliphatic heterocycles. The lowest BCUT2D eigenvalue weighted by molar-refractivity contribution is -0.302. The molecule has 0 aliphatic carbocycles. The number of unbranched alkanes of at least 4 members (excludes halogenated alkanes) is 23. The van der Waals surface area contributed by atoms with Crippen molar-refractivity contribution in [1.29, 1.82) is 0 Å². The monoisotopic (exact) mass is 688 g/mol. The fourth-order valence-electron chi connectivity index (χ4n) is 6.63. The molecule has 6 N–H and O–H groups in total. The predicted molar refractivity (Wildman–Crippen MR) is 194 cm³/mol. The van der Waals surface area contributed by atoms with Crippen LogP contribution in [0.25, 0.3) is 0 Å². The van der Waals surface area contributed by atoms with Gasteiger partial charge >= 0.3 is 0 Å². The maximum atomic E-state index is 12.8. The average Bonchev–Trinajstić information content (AvgIpc) is 3.08. The zero-order valence-corrected chi connectivity index (χ0v) is 31.0. The van der Waals surface area contributed by atoms with Crippen molar-refractivity contribution in [2.45, 2.75) is 230 Å². The molecule has 48 heavy (non-hydrogen) atoms. The smallest absolute Gasteiger partial charge is 0.220 e. The van der Waals surface area contributed by atoms with Crippen LogP contribution in [0.4, 0.5) is 0 Å². The third kappa shape index (κ3) is 22.1. The molecule has 0 aromatic heterocycles. The van der Waals surface area contributed by atoms with Crippen LogP contribution < -0.4 is 5.32 Å². The number of hydrogen-bond acceptors (Lipinski definition) is 8. The molecule has 0 saturated carbocycles. The van der Waals surface area contributed by atoms with Gasteiger partial charge in [0.2, 0.25) is 5.91 Å². The Morgan fingerprint density at radius 3 is 1.48 bits per heavy atom. The summed E-state index contributed by atoms with van der Waals surface area (Å²) in [7, 11) is 0. The number of rotatable bonds is 33. The second kappa shape index (κ2) is 31.0. The Bertz CT molecular complexity index is 726. The van der Waals surface area contributed by atoms with Crippen LogP contribution in [-0.4, -0.2) is 87.5 Å². The first-order valence-electron chi connectivity index (χ1n) is 20.2. The number of hydrogen-bond donors (Lipinski definition) is 6. The summed E-state index contributed by atoms with van der Waals surface area (Å²) in [6.07, 6.45) is 24.7. The van der Waals surface area contributed by atoms with Gasteiger partial charge in [-0.1, -0.05) is 168 Å². The molecular formula is C39H77NO8. The van der Waals surface area contributed by atoms with Crippen LogP contribution in [0.1, 0.15) is 187 Å². The Morgan fingerprint density at radius 2 is 1.04 bits per heavy atom. The van der Waals surface area contributed by atoms with E-state index in [0.29, 0.717) is 12.8 Å². The second-order valence-corrected chi connectivity index (χ2v) is 14.4. The van der Waals surface area contributed by atoms with Crippen molar-refractivity contribution in [3.05, 3.63) is 0 Å². The number of nitrogens with one attached hydrogen (secondary N) is 1. The molecule has 3 unspecified atom stereocenters. The summed E-state index contributed by atoms with van der Waals surface area (Å²) >= 11 is 0. The Morgan fingerprint density at radius 1 is 0.625 bits per heavy atom. The SMILES string of the molecule is CCCCCCCCCCCCCCCCCCCCCCCC(=O)N[C@@H](CO[C@H]1OC(CO)[C@H](O)C(O)C1O)[C@H](O)CCCCCC. The normalized spacial score (nSPS) is 22.5. The molecule has 0 radical (unpaired) electrons. The topological polar surface area (TPSA) is 149 Å². The van der Waals surface area contributed by atoms with E-state index in [1.54, 1.807) is 0 Å². The van der Waals surface area contributed by atoms with Crippen LogP contribution in [-0.2, 0) is 14.3 Å². The van der Waals surface area contributed by atoms with Crippen molar-refractivity contribution in [2.75, 3.05) is 13.2 Å². The van der Waals surface area contributed by atoms with Crippen molar-refractivity contribution in [1.82, 2.24) is 5.32 Å². The van der Waals surface area contributed by atoms with E-state index in [4.69, 9.17) is 9.47 Å². The maximum absolute atomic E-state index is 12.8. The third-order valence-electron chi connectivity index (χ3n) is 9.96. The van der Waals surface area contributed by atoms with Crippen molar-refractivity contribution in [2.24, 2.45) is 0 Å². The van der Waals surface area contributed by atoms with E-state index >= 15 is 0 Å². The molecule has 1 aliphatic rings. The molecule has 1 heterocycles. The van der Waals surface area contributed by atoms with Crippen LogP contribution in [0.3, 0.4) is 0 Å². The first kappa shape index (κ1) is 45.2. The number of aliphatic hydroxyl groups excluding tert-OH is 5. The van der Waals surface area contributed by atoms with E-state index in [0.717, 1.165) is 44.9 Å². The number of carbonyl (C=O) groups is 1. The average molecular weight is 688 g/mol. The molecule has 0 aromatic carbocycles. The van der Waals surface area contributed by atoms with Crippen LogP contribution in [0.15, 0.2) is 0 Å². The minimum absolute atomic E-state index is 0.136. The Labute approximate surface area is 294 Å². The van der Waals surface area contributed by atoms with Crippen molar-refractivity contribution in [3.63, 3.8) is 0 Å². The van der Waals surface area contributed by atoms with Crippen LogP contribution in [0.2, 0.25) is 0 Å². The van der Waals surface area contributed by atoms with Gasteiger partial charge in [-0.25, -0.2) is 0 Å². The second-order valence-electron chi connectivity index (χ2n) is 14.4. The molecule has 0 bridgehead atoms. The van der Waals surface area contributed by atoms with E-state index in [1.807, 2.05) is 0 Å². The van der Waals surface area contributed by atoms with Gasteiger partial charge in [0.05, 0.1) is 25.4 Å². The van der Waals surface area contributed by atoms with Gasteiger partial charge in [0.1, 0.15) is 24.4 Å². The highest BCUT2D eigenvalue weighted by molar-refractivity contribution is 5.76. The number of ether oxygens (including phenoxy) is 2. The van der Waals surface area contributed by atoms with Crippen LogP contribution in [0, 0.1) is 0 Å². The molecule has 1 saturated heterocycles. The molecule has 1 fully saturated rings. The van der Waals surface area contributed by atoms with Crippen molar-refractivity contribution < 1.29 is 39.8 Å². The van der Waals surface area contributed by atoms with Gasteiger partial charge in [0.15, 0.2) is 6.29 Å². The van der Waals surface area contributed by atoms with E-state index in [9.17, 15) is 30.3 Å². The molecular weight excluding hydrogens is 610 g/mol. The summed E-state index contributed by atoms with van der Waals surface area (Å²) < 4.78 is 11.1. The van der Waals surface area contributed by atoms with Crippen LogP contribution >= 0.6 is 0 Å². The fraction of sp³-hybridized carbons (Fsp3) is 0.974. The zero-order valence-electron chi connectivity index (χ0n) is 31.0. The van der Waals surface area contributed by atoms with Crippen LogP contribution in [0.5, 0.6) is 0 Å². The van der Waals surface area contributed by atoms with Gasteiger partial charge in [-0.05, 0) is 12.8 Å². The van der Waals surface area contributed by atoms with Gasteiger partial charge in [-0.2, -0.15) is 0 Å². The minimum Gasteiger partial charge on any atom is -0.394 e. The highest BCUT2D eigenvalue weighted by Crippen LogP contribution is 2.23. The highest BCUT2D eigenvalue weighted by Gasteiger charge is 2.44. The van der Waals surface area contributed by atoms with E-state index in [2.05, 4.69) is 19.2 Å². The lowest BCUT2D eigenvalue weighted by atomic mass is 9.99. The summed E-state index contributed by atoms with van der Waals surface area (Å²) in [6.45, 7) is 3.71. The Balaban J connectivity index is 2.15. The standard InChI is InChI=1S/C39H77NO8/c1-3-5-7-9-10-11-12-13-14-15-16-17-18-19-20-21-22-23-24-25-27-29-35(43)40-32(33(42)28-26-8-6-4-2)31-47-39-38(46)37(45)36(44)34(30-41)48-39/h32-34,36-39,41-42,44-46H,3-31H2,1-2H3,(H,40,43)/t32-,33+,34?,36-,37?,38?,39-/m0/s1. The number of aliphatic hydroxyl groups is 5. The Hall–Kier alpha value is -0.810. The van der Waals surface area contributed by atoms with Crippen molar-refractivity contribution in [3.8, 4) is 0 Å². The van der Waals surface area contributed by atoms with Gasteiger partial charge in [-0.15, -0.1) is 0 Å². The zero-order chi connectivity index (χ0) is 35.2. The highest BCUT2D eigenvalue weighted by atomic mass is 16.7. The Kier molecular flexibility index (Phi) is 29.2. The number of carbonyl (C=O) groups excluding carboxylic acids is 1. The van der Waals surface area contributed by atoms with E-state index in [-0.39, 0.29) is 12.5 Å². The summed E-state index contributed by atoms with van der Waals surface area (Å²) in [4.78, 5) is 12.8. The molecule has 1 amide bonds. The van der Waals surface area contributed by atoms with E-state index in [1.165, 1.54) is 116 Å². The molecule has 0 aromatic rings. The van der Waals surface area contributed by atoms with Gasteiger partial charge in [0, 0.05) is 6.42 Å². The molecule has 7 atom stereocenters. The molecule has 9 nitrogen and oxygen atoms in total. The quantitative estimate of drug-likeness (QED) is 0.0396. The van der Waals surface area contributed by atoms with Gasteiger partial charge in [-0.3, -0.25) is 4.79 Å². The summed E-state index contributed by atoms with van der Waals surface area (Å²) in [5.74, 6) is -0.150. The first-order chi connectivity index (χ1) is 23.3. The summed E-state index contributed by atoms with van der Waals surface area (Å²) in [5.41, 5.74) is 0. The number of amides is 1. The summed E-state index contributed by atoms with van der Waals surface area (Å²) in [6, 6.07) is -0.707. The first-order valence-corrected chi connectivity index (χ1v) is 20.2. The molecule has 1 rings (SSSR count). The lowest BCUT2D eigenvalue weighted by Crippen LogP contribution is -2.60. The minimum atomic E-state index is -1.54. The largest absolute Gasteiger partial charge is 0.394 e. The molecule has 0 spiro atoms. The fourth-order valence-corrected chi connectivity index (χ4v) is 6.63. The van der Waals surface area contributed by atoms with Gasteiger partial charge in [0.25, 0.3) is 0 Å². The third-order valence-corrected chi connectivity index (χ3v) is 9.96.